The van der Waals surface area contributed by atoms with Crippen LogP contribution in [-0.4, -0.2) is 37.7 Å². The van der Waals surface area contributed by atoms with E-state index >= 15 is 0 Å². The second kappa shape index (κ2) is 8.51. The second-order valence-electron chi connectivity index (χ2n) is 6.39. The van der Waals surface area contributed by atoms with E-state index in [1.54, 1.807) is 19.4 Å². The van der Waals surface area contributed by atoms with E-state index in [1.165, 1.54) is 24.8 Å². The summed E-state index contributed by atoms with van der Waals surface area (Å²) in [5.74, 6) is 1.60. The van der Waals surface area contributed by atoms with E-state index in [9.17, 15) is 0 Å². The molecule has 0 unspecified atom stereocenters. The summed E-state index contributed by atoms with van der Waals surface area (Å²) in [4.78, 5) is 8.35. The molecule has 132 valence electrons. The van der Waals surface area contributed by atoms with Crippen LogP contribution in [0.2, 0.25) is 0 Å². The number of hydrogen-bond acceptors (Lipinski definition) is 3. The molecule has 0 spiro atoms. The topological polar surface area (TPSA) is 58.5 Å². The Balaban J connectivity index is 1.44. The average molecular weight is 338 g/mol. The third kappa shape index (κ3) is 4.50. The molecule has 3 rings (SSSR count). The van der Waals surface area contributed by atoms with Gasteiger partial charge in [-0.15, -0.1) is 0 Å². The average Bonchev–Trinajstić information content (AvgIpc) is 2.64. The summed E-state index contributed by atoms with van der Waals surface area (Å²) in [6.07, 6.45) is 7.20. The van der Waals surface area contributed by atoms with Crippen LogP contribution in [0.4, 0.5) is 0 Å². The lowest BCUT2D eigenvalue weighted by molar-refractivity contribution is 0.243. The van der Waals surface area contributed by atoms with Gasteiger partial charge in [0.1, 0.15) is 12.4 Å². The third-order valence-electron chi connectivity index (χ3n) is 4.81. The largest absolute Gasteiger partial charge is 0.490 e. The van der Waals surface area contributed by atoms with Crippen LogP contribution < -0.4 is 15.4 Å². The minimum absolute atomic E-state index is 0.241. The number of aliphatic imine (C=N–C) groups is 1. The molecule has 1 heterocycles. The normalized spacial score (nSPS) is 16.0. The Morgan fingerprint density at radius 2 is 2.00 bits per heavy atom. The Bertz CT molecular complexity index is 669. The lowest BCUT2D eigenvalue weighted by Crippen LogP contribution is -2.49. The molecular formula is C20H26N4O. The maximum absolute atomic E-state index is 5.64. The fraction of sp³-hybridized carbons (Fsp3) is 0.400. The highest BCUT2D eigenvalue weighted by Crippen LogP contribution is 2.43. The van der Waals surface area contributed by atoms with Crippen molar-refractivity contribution < 1.29 is 4.74 Å². The molecule has 1 saturated carbocycles. The zero-order valence-corrected chi connectivity index (χ0v) is 14.7. The number of pyridine rings is 1. The van der Waals surface area contributed by atoms with E-state index in [-0.39, 0.29) is 5.41 Å². The maximum atomic E-state index is 5.64. The molecule has 0 radical (unpaired) electrons. The molecular weight excluding hydrogens is 312 g/mol. The van der Waals surface area contributed by atoms with E-state index < -0.39 is 0 Å². The fourth-order valence-corrected chi connectivity index (χ4v) is 3.21. The van der Waals surface area contributed by atoms with Gasteiger partial charge >= 0.3 is 0 Å². The molecule has 1 aliphatic rings. The number of ether oxygens (including phenoxy) is 1. The Morgan fingerprint density at radius 3 is 2.64 bits per heavy atom. The van der Waals surface area contributed by atoms with Gasteiger partial charge in [0.15, 0.2) is 5.96 Å². The molecule has 2 N–H and O–H groups in total. The molecule has 1 aromatic carbocycles. The summed E-state index contributed by atoms with van der Waals surface area (Å²) in [6, 6.07) is 14.6. The third-order valence-corrected chi connectivity index (χ3v) is 4.81. The van der Waals surface area contributed by atoms with Crippen LogP contribution in [0, 0.1) is 0 Å². The van der Waals surface area contributed by atoms with Crippen molar-refractivity contribution >= 4 is 5.96 Å². The number of nitrogens with zero attached hydrogens (tertiary/aromatic N) is 2. The Labute approximate surface area is 149 Å². The lowest BCUT2D eigenvalue weighted by atomic mass is 9.64. The Kier molecular flexibility index (Phi) is 5.88. The van der Waals surface area contributed by atoms with Crippen molar-refractivity contribution in [2.24, 2.45) is 4.99 Å². The number of hydrogen-bond donors (Lipinski definition) is 2. The van der Waals surface area contributed by atoms with Gasteiger partial charge in [0.05, 0.1) is 12.7 Å². The molecule has 0 saturated heterocycles. The SMILES string of the molecule is CN=C(NCCOc1cccnc1)NCC1(c2ccccc2)CCC1. The molecule has 5 heteroatoms. The predicted octanol–water partition coefficient (Wildman–Crippen LogP) is 2.75. The van der Waals surface area contributed by atoms with Gasteiger partial charge in [-0.25, -0.2) is 0 Å². The first-order valence-electron chi connectivity index (χ1n) is 8.85. The minimum Gasteiger partial charge on any atom is -0.490 e. The van der Waals surface area contributed by atoms with Crippen LogP contribution >= 0.6 is 0 Å². The van der Waals surface area contributed by atoms with Crippen LogP contribution in [0.1, 0.15) is 24.8 Å². The van der Waals surface area contributed by atoms with Gasteiger partial charge in [-0.05, 0) is 30.5 Å². The molecule has 1 fully saturated rings. The van der Waals surface area contributed by atoms with Crippen molar-refractivity contribution in [2.75, 3.05) is 26.7 Å². The predicted molar refractivity (Wildman–Crippen MR) is 101 cm³/mol. The highest BCUT2D eigenvalue weighted by Gasteiger charge is 2.38. The Morgan fingerprint density at radius 1 is 1.16 bits per heavy atom. The number of guanidine groups is 1. The quantitative estimate of drug-likeness (QED) is 0.463. The van der Waals surface area contributed by atoms with Crippen molar-refractivity contribution in [1.82, 2.24) is 15.6 Å². The molecule has 0 bridgehead atoms. The summed E-state index contributed by atoms with van der Waals surface area (Å²) in [7, 11) is 1.80. The van der Waals surface area contributed by atoms with Gasteiger partial charge in [-0.3, -0.25) is 9.98 Å². The monoisotopic (exact) mass is 338 g/mol. The maximum Gasteiger partial charge on any atom is 0.191 e. The molecule has 0 aliphatic heterocycles. The zero-order valence-electron chi connectivity index (χ0n) is 14.7. The highest BCUT2D eigenvalue weighted by molar-refractivity contribution is 5.79. The summed E-state index contributed by atoms with van der Waals surface area (Å²) in [5, 5.41) is 6.79. The molecule has 25 heavy (non-hydrogen) atoms. The van der Waals surface area contributed by atoms with Crippen molar-refractivity contribution in [3.63, 3.8) is 0 Å². The minimum atomic E-state index is 0.241. The molecule has 1 aromatic heterocycles. The van der Waals surface area contributed by atoms with Crippen molar-refractivity contribution in [3.8, 4) is 5.75 Å². The first-order valence-corrected chi connectivity index (χ1v) is 8.85. The summed E-state index contributed by atoms with van der Waals surface area (Å²) in [6.45, 7) is 2.16. The van der Waals surface area contributed by atoms with Gasteiger partial charge in [-0.1, -0.05) is 36.8 Å². The highest BCUT2D eigenvalue weighted by atomic mass is 16.5. The van der Waals surface area contributed by atoms with Crippen LogP contribution in [0.25, 0.3) is 0 Å². The van der Waals surface area contributed by atoms with Crippen molar-refractivity contribution in [1.29, 1.82) is 0 Å². The number of benzene rings is 1. The van der Waals surface area contributed by atoms with Gasteiger partial charge < -0.3 is 15.4 Å². The van der Waals surface area contributed by atoms with Gasteiger partial charge in [0, 0.05) is 25.2 Å². The van der Waals surface area contributed by atoms with Crippen molar-refractivity contribution in [3.05, 3.63) is 60.4 Å². The summed E-state index contributed by atoms with van der Waals surface area (Å²) in [5.41, 5.74) is 1.66. The summed E-state index contributed by atoms with van der Waals surface area (Å²) < 4.78 is 5.64. The summed E-state index contributed by atoms with van der Waals surface area (Å²) >= 11 is 0. The van der Waals surface area contributed by atoms with E-state index in [0.29, 0.717) is 13.2 Å². The number of nitrogens with one attached hydrogen (secondary N) is 2. The van der Waals surface area contributed by atoms with E-state index in [1.807, 2.05) is 12.1 Å². The lowest BCUT2D eigenvalue weighted by Gasteiger charge is -2.43. The Hall–Kier alpha value is -2.56. The molecule has 2 aromatic rings. The molecule has 0 amide bonds. The van der Waals surface area contributed by atoms with E-state index in [4.69, 9.17) is 4.74 Å². The van der Waals surface area contributed by atoms with Crippen LogP contribution in [0.3, 0.4) is 0 Å². The standard InChI is InChI=1S/C20H26N4O/c1-21-19(23-13-14-25-18-9-5-12-22-15-18)24-16-20(10-6-11-20)17-7-3-2-4-8-17/h2-5,7-9,12,15H,6,10-11,13-14,16H2,1H3,(H2,21,23,24). The molecule has 0 atom stereocenters. The first kappa shape index (κ1) is 17.3. The number of rotatable bonds is 7. The van der Waals surface area contributed by atoms with Crippen LogP contribution in [0.15, 0.2) is 59.9 Å². The van der Waals surface area contributed by atoms with E-state index in [0.717, 1.165) is 18.3 Å². The smallest absolute Gasteiger partial charge is 0.191 e. The molecule has 1 aliphatic carbocycles. The molecule has 5 nitrogen and oxygen atoms in total. The number of aromatic nitrogens is 1. The van der Waals surface area contributed by atoms with Gasteiger partial charge in [0.2, 0.25) is 0 Å². The van der Waals surface area contributed by atoms with Crippen LogP contribution in [-0.2, 0) is 5.41 Å². The van der Waals surface area contributed by atoms with Crippen LogP contribution in [0.5, 0.6) is 5.75 Å². The van der Waals surface area contributed by atoms with Crippen molar-refractivity contribution in [2.45, 2.75) is 24.7 Å². The van der Waals surface area contributed by atoms with Gasteiger partial charge in [0.25, 0.3) is 0 Å². The zero-order chi connectivity index (χ0) is 17.4. The first-order chi connectivity index (χ1) is 12.3. The van der Waals surface area contributed by atoms with Gasteiger partial charge in [-0.2, -0.15) is 0 Å². The second-order valence-corrected chi connectivity index (χ2v) is 6.39. The van der Waals surface area contributed by atoms with E-state index in [2.05, 4.69) is 50.9 Å². The fourth-order valence-electron chi connectivity index (χ4n) is 3.21.